The van der Waals surface area contributed by atoms with Crippen LogP contribution in [0.5, 0.6) is 0 Å². The Bertz CT molecular complexity index is 1110. The molecule has 3 aromatic rings. The summed E-state index contributed by atoms with van der Waals surface area (Å²) < 4.78 is 1.89. The zero-order chi connectivity index (χ0) is 22.5. The van der Waals surface area contributed by atoms with E-state index in [-0.39, 0.29) is 5.91 Å². The molecule has 6 nitrogen and oxygen atoms in total. The van der Waals surface area contributed by atoms with Gasteiger partial charge in [0.05, 0.1) is 34.8 Å². The molecule has 0 radical (unpaired) electrons. The van der Waals surface area contributed by atoms with Crippen molar-refractivity contribution in [1.29, 1.82) is 5.26 Å². The van der Waals surface area contributed by atoms with Crippen LogP contribution in [0.3, 0.4) is 0 Å². The van der Waals surface area contributed by atoms with E-state index in [1.54, 1.807) is 6.20 Å². The molecule has 0 N–H and O–H groups in total. The van der Waals surface area contributed by atoms with Crippen molar-refractivity contribution in [2.24, 2.45) is 0 Å². The van der Waals surface area contributed by atoms with Crippen LogP contribution >= 0.6 is 0 Å². The second-order valence-corrected chi connectivity index (χ2v) is 8.34. The zero-order valence-electron chi connectivity index (χ0n) is 18.8. The molecule has 0 saturated carbocycles. The van der Waals surface area contributed by atoms with Gasteiger partial charge in [0.2, 0.25) is 0 Å². The predicted octanol–water partition coefficient (Wildman–Crippen LogP) is 3.96. The fourth-order valence-corrected chi connectivity index (χ4v) is 4.25. The zero-order valence-corrected chi connectivity index (χ0v) is 18.8. The highest BCUT2D eigenvalue weighted by Crippen LogP contribution is 2.19. The molecular weight excluding hydrogens is 398 g/mol. The number of hydrogen-bond donors (Lipinski definition) is 0. The first kappa shape index (κ1) is 21.8. The van der Waals surface area contributed by atoms with Gasteiger partial charge in [-0.1, -0.05) is 36.8 Å². The van der Waals surface area contributed by atoms with E-state index in [2.05, 4.69) is 42.0 Å². The van der Waals surface area contributed by atoms with E-state index in [0.29, 0.717) is 17.7 Å². The molecule has 1 saturated heterocycles. The third kappa shape index (κ3) is 4.74. The average molecular weight is 428 g/mol. The molecule has 1 aromatic heterocycles. The van der Waals surface area contributed by atoms with Gasteiger partial charge in [0, 0.05) is 32.7 Å². The van der Waals surface area contributed by atoms with Gasteiger partial charge in [0.1, 0.15) is 0 Å². The van der Waals surface area contributed by atoms with Gasteiger partial charge in [-0.2, -0.15) is 10.4 Å². The van der Waals surface area contributed by atoms with Crippen molar-refractivity contribution in [2.75, 3.05) is 26.2 Å². The summed E-state index contributed by atoms with van der Waals surface area (Å²) in [5.74, 6) is 0.0698. The summed E-state index contributed by atoms with van der Waals surface area (Å²) in [5.41, 5.74) is 5.71. The summed E-state index contributed by atoms with van der Waals surface area (Å²) in [7, 11) is 0. The standard InChI is InChI=1S/C26H29N5O/c1-3-25-24(18-28-31(25)23-11-5-20(2)6-12-23)26(32)30-14-4-13-29(15-16-30)19-22-9-7-21(17-27)8-10-22/h5-12,18H,3-4,13-16,19H2,1-2H3. The first-order valence-corrected chi connectivity index (χ1v) is 11.2. The van der Waals surface area contributed by atoms with Crippen molar-refractivity contribution >= 4 is 5.91 Å². The lowest BCUT2D eigenvalue weighted by Gasteiger charge is -2.22. The van der Waals surface area contributed by atoms with Gasteiger partial charge >= 0.3 is 0 Å². The van der Waals surface area contributed by atoms with E-state index < -0.39 is 0 Å². The molecule has 1 fully saturated rings. The van der Waals surface area contributed by atoms with Gasteiger partial charge < -0.3 is 4.90 Å². The lowest BCUT2D eigenvalue weighted by molar-refractivity contribution is 0.0760. The molecule has 0 aliphatic carbocycles. The highest BCUT2D eigenvalue weighted by atomic mass is 16.2. The van der Waals surface area contributed by atoms with Crippen LogP contribution in [0.4, 0.5) is 0 Å². The van der Waals surface area contributed by atoms with Crippen LogP contribution in [-0.2, 0) is 13.0 Å². The predicted molar refractivity (Wildman–Crippen MR) is 125 cm³/mol. The number of benzene rings is 2. The van der Waals surface area contributed by atoms with Crippen molar-refractivity contribution in [2.45, 2.75) is 33.2 Å². The lowest BCUT2D eigenvalue weighted by atomic mass is 10.1. The van der Waals surface area contributed by atoms with E-state index >= 15 is 0 Å². The van der Waals surface area contributed by atoms with E-state index in [9.17, 15) is 4.79 Å². The fourth-order valence-electron chi connectivity index (χ4n) is 4.25. The smallest absolute Gasteiger partial charge is 0.257 e. The first-order valence-electron chi connectivity index (χ1n) is 11.2. The maximum atomic E-state index is 13.4. The molecule has 1 aliphatic rings. The van der Waals surface area contributed by atoms with Crippen LogP contribution in [0.2, 0.25) is 0 Å². The van der Waals surface area contributed by atoms with Crippen LogP contribution in [-0.4, -0.2) is 51.7 Å². The number of carbonyl (C=O) groups excluding carboxylic acids is 1. The average Bonchev–Trinajstić information content (AvgIpc) is 3.11. The van der Waals surface area contributed by atoms with Crippen LogP contribution < -0.4 is 0 Å². The Morgan fingerprint density at radius 1 is 1.03 bits per heavy atom. The molecule has 4 rings (SSSR count). The molecule has 1 amide bonds. The van der Waals surface area contributed by atoms with Crippen LogP contribution in [0, 0.1) is 18.3 Å². The molecular formula is C26H29N5O. The number of hydrogen-bond acceptors (Lipinski definition) is 4. The van der Waals surface area contributed by atoms with E-state index in [1.807, 2.05) is 46.0 Å². The summed E-state index contributed by atoms with van der Waals surface area (Å²) >= 11 is 0. The van der Waals surface area contributed by atoms with E-state index in [0.717, 1.165) is 50.4 Å². The number of amides is 1. The van der Waals surface area contributed by atoms with Crippen LogP contribution in [0.1, 0.15) is 46.1 Å². The summed E-state index contributed by atoms with van der Waals surface area (Å²) in [6.45, 7) is 8.20. The molecule has 0 atom stereocenters. The topological polar surface area (TPSA) is 65.2 Å². The second kappa shape index (κ2) is 9.80. The van der Waals surface area contributed by atoms with Crippen molar-refractivity contribution in [3.63, 3.8) is 0 Å². The largest absolute Gasteiger partial charge is 0.337 e. The number of rotatable bonds is 5. The normalized spacial score (nSPS) is 14.7. The summed E-state index contributed by atoms with van der Waals surface area (Å²) in [6, 6.07) is 18.1. The summed E-state index contributed by atoms with van der Waals surface area (Å²) in [5, 5.41) is 13.5. The molecule has 2 aromatic carbocycles. The Labute approximate surface area is 189 Å². The Hall–Kier alpha value is -3.43. The van der Waals surface area contributed by atoms with Crippen LogP contribution in [0.15, 0.2) is 54.7 Å². The van der Waals surface area contributed by atoms with Gasteiger partial charge in [-0.05, 0) is 49.6 Å². The number of aryl methyl sites for hydroxylation is 1. The molecule has 2 heterocycles. The first-order chi connectivity index (χ1) is 15.6. The quantitative estimate of drug-likeness (QED) is 0.618. The maximum Gasteiger partial charge on any atom is 0.257 e. The Morgan fingerprint density at radius 2 is 1.78 bits per heavy atom. The minimum atomic E-state index is 0.0698. The van der Waals surface area contributed by atoms with E-state index in [1.165, 1.54) is 11.1 Å². The number of carbonyl (C=O) groups is 1. The van der Waals surface area contributed by atoms with Crippen molar-refractivity contribution in [3.05, 3.63) is 82.7 Å². The summed E-state index contributed by atoms with van der Waals surface area (Å²) in [6.07, 6.45) is 3.41. The van der Waals surface area contributed by atoms with Gasteiger partial charge in [-0.25, -0.2) is 4.68 Å². The Morgan fingerprint density at radius 3 is 2.47 bits per heavy atom. The molecule has 0 spiro atoms. The van der Waals surface area contributed by atoms with Gasteiger partial charge in [-0.15, -0.1) is 0 Å². The number of aromatic nitrogens is 2. The molecule has 164 valence electrons. The highest BCUT2D eigenvalue weighted by molar-refractivity contribution is 5.95. The lowest BCUT2D eigenvalue weighted by Crippen LogP contribution is -2.35. The number of nitrogens with zero attached hydrogens (tertiary/aromatic N) is 5. The molecule has 0 bridgehead atoms. The van der Waals surface area contributed by atoms with Crippen LogP contribution in [0.25, 0.3) is 5.69 Å². The van der Waals surface area contributed by atoms with Gasteiger partial charge in [-0.3, -0.25) is 9.69 Å². The Kier molecular flexibility index (Phi) is 6.67. The third-order valence-corrected chi connectivity index (χ3v) is 6.08. The van der Waals surface area contributed by atoms with Gasteiger partial charge in [0.25, 0.3) is 5.91 Å². The molecule has 0 unspecified atom stereocenters. The molecule has 32 heavy (non-hydrogen) atoms. The minimum absolute atomic E-state index is 0.0698. The SMILES string of the molecule is CCc1c(C(=O)N2CCCN(Cc3ccc(C#N)cc3)CC2)cnn1-c1ccc(C)cc1. The third-order valence-electron chi connectivity index (χ3n) is 6.08. The number of nitriles is 1. The van der Waals surface area contributed by atoms with E-state index in [4.69, 9.17) is 5.26 Å². The Balaban J connectivity index is 1.44. The maximum absolute atomic E-state index is 13.4. The van der Waals surface area contributed by atoms with Gasteiger partial charge in [0.15, 0.2) is 0 Å². The van der Waals surface area contributed by atoms with Crippen molar-refractivity contribution < 1.29 is 4.79 Å². The second-order valence-electron chi connectivity index (χ2n) is 8.34. The molecule has 1 aliphatic heterocycles. The van der Waals surface area contributed by atoms with Crippen molar-refractivity contribution in [3.8, 4) is 11.8 Å². The van der Waals surface area contributed by atoms with Crippen molar-refractivity contribution in [1.82, 2.24) is 19.6 Å². The highest BCUT2D eigenvalue weighted by Gasteiger charge is 2.24. The fraction of sp³-hybridized carbons (Fsp3) is 0.346. The minimum Gasteiger partial charge on any atom is -0.337 e. The monoisotopic (exact) mass is 427 g/mol. The summed E-state index contributed by atoms with van der Waals surface area (Å²) in [4.78, 5) is 17.7. The molecule has 6 heteroatoms.